The van der Waals surface area contributed by atoms with E-state index >= 15 is 0 Å². The summed E-state index contributed by atoms with van der Waals surface area (Å²) in [6.45, 7) is 4.25. The van der Waals surface area contributed by atoms with E-state index in [0.29, 0.717) is 5.91 Å². The molecule has 2 rings (SSSR count). The highest BCUT2D eigenvalue weighted by molar-refractivity contribution is 9.10. The zero-order chi connectivity index (χ0) is 9.42. The number of amides is 1. The summed E-state index contributed by atoms with van der Waals surface area (Å²) in [5.74, 6) is 1.95. The second-order valence-electron chi connectivity index (χ2n) is 4.37. The number of rotatable bonds is 2. The molecule has 74 valence electrons. The van der Waals surface area contributed by atoms with E-state index in [2.05, 4.69) is 22.9 Å². The molecule has 1 amide bonds. The Kier molecular flexibility index (Phi) is 2.63. The fraction of sp³-hybridized carbons (Fsp3) is 0.900. The third kappa shape index (κ3) is 2.06. The summed E-state index contributed by atoms with van der Waals surface area (Å²) in [5, 5.41) is 0. The predicted molar refractivity (Wildman–Crippen MR) is 55.8 cm³/mol. The SMILES string of the molecule is CC1CC1CN1CCCC(Br)C1=O. The van der Waals surface area contributed by atoms with Gasteiger partial charge in [0.15, 0.2) is 0 Å². The minimum Gasteiger partial charge on any atom is -0.341 e. The van der Waals surface area contributed by atoms with E-state index in [9.17, 15) is 4.79 Å². The molecule has 0 N–H and O–H groups in total. The number of carbonyl (C=O) groups is 1. The number of hydrogen-bond acceptors (Lipinski definition) is 1. The van der Waals surface area contributed by atoms with Crippen molar-refractivity contribution >= 4 is 21.8 Å². The van der Waals surface area contributed by atoms with Crippen molar-refractivity contribution in [3.8, 4) is 0 Å². The van der Waals surface area contributed by atoms with Crippen molar-refractivity contribution in [2.45, 2.75) is 31.0 Å². The van der Waals surface area contributed by atoms with Crippen molar-refractivity contribution in [3.05, 3.63) is 0 Å². The Labute approximate surface area is 87.8 Å². The monoisotopic (exact) mass is 245 g/mol. The number of hydrogen-bond donors (Lipinski definition) is 0. The number of likely N-dealkylation sites (tertiary alicyclic amines) is 1. The number of carbonyl (C=O) groups excluding carboxylic acids is 1. The zero-order valence-corrected chi connectivity index (χ0v) is 9.59. The molecule has 13 heavy (non-hydrogen) atoms. The number of nitrogens with zero attached hydrogens (tertiary/aromatic N) is 1. The smallest absolute Gasteiger partial charge is 0.236 e. The molecule has 2 nitrogen and oxygen atoms in total. The topological polar surface area (TPSA) is 20.3 Å². The average molecular weight is 246 g/mol. The second kappa shape index (κ2) is 3.60. The molecule has 0 radical (unpaired) electrons. The van der Waals surface area contributed by atoms with Gasteiger partial charge in [0, 0.05) is 13.1 Å². The van der Waals surface area contributed by atoms with Crippen LogP contribution in [0.5, 0.6) is 0 Å². The van der Waals surface area contributed by atoms with E-state index in [4.69, 9.17) is 0 Å². The van der Waals surface area contributed by atoms with Crippen molar-refractivity contribution in [1.82, 2.24) is 4.90 Å². The Bertz CT molecular complexity index is 219. The van der Waals surface area contributed by atoms with Crippen molar-refractivity contribution in [3.63, 3.8) is 0 Å². The first-order valence-corrected chi connectivity index (χ1v) is 6.03. The van der Waals surface area contributed by atoms with Gasteiger partial charge in [-0.3, -0.25) is 4.79 Å². The molecular formula is C10H16BrNO. The highest BCUT2D eigenvalue weighted by atomic mass is 79.9. The normalized spacial score (nSPS) is 39.4. The maximum atomic E-state index is 11.7. The van der Waals surface area contributed by atoms with Gasteiger partial charge in [-0.15, -0.1) is 0 Å². The maximum absolute atomic E-state index is 11.7. The number of piperidine rings is 1. The molecule has 3 unspecified atom stereocenters. The Hall–Kier alpha value is -0.0500. The molecule has 1 heterocycles. The summed E-state index contributed by atoms with van der Waals surface area (Å²) in [6, 6.07) is 0. The quantitative estimate of drug-likeness (QED) is 0.683. The molecule has 1 saturated heterocycles. The summed E-state index contributed by atoms with van der Waals surface area (Å²) in [4.78, 5) is 13.8. The van der Waals surface area contributed by atoms with E-state index in [0.717, 1.165) is 37.8 Å². The van der Waals surface area contributed by atoms with Gasteiger partial charge in [-0.1, -0.05) is 22.9 Å². The van der Waals surface area contributed by atoms with E-state index < -0.39 is 0 Å². The molecule has 1 aliphatic heterocycles. The van der Waals surface area contributed by atoms with Crippen LogP contribution in [-0.4, -0.2) is 28.7 Å². The van der Waals surface area contributed by atoms with Crippen LogP contribution < -0.4 is 0 Å². The molecular weight excluding hydrogens is 230 g/mol. The summed E-state index contributed by atoms with van der Waals surface area (Å²) >= 11 is 3.43. The second-order valence-corrected chi connectivity index (χ2v) is 5.47. The van der Waals surface area contributed by atoms with Gasteiger partial charge >= 0.3 is 0 Å². The molecule has 0 aromatic carbocycles. The van der Waals surface area contributed by atoms with Gasteiger partial charge in [-0.25, -0.2) is 0 Å². The van der Waals surface area contributed by atoms with Crippen molar-refractivity contribution in [2.75, 3.05) is 13.1 Å². The van der Waals surface area contributed by atoms with Gasteiger partial charge in [-0.2, -0.15) is 0 Å². The molecule has 3 heteroatoms. The van der Waals surface area contributed by atoms with Crippen LogP contribution in [0.1, 0.15) is 26.2 Å². The maximum Gasteiger partial charge on any atom is 0.236 e. The lowest BCUT2D eigenvalue weighted by Crippen LogP contribution is -2.42. The average Bonchev–Trinajstić information content (AvgIpc) is 2.77. The summed E-state index contributed by atoms with van der Waals surface area (Å²) in [6.07, 6.45) is 3.48. The van der Waals surface area contributed by atoms with Gasteiger partial charge in [0.2, 0.25) is 5.91 Å². The van der Waals surface area contributed by atoms with Crippen LogP contribution in [0.3, 0.4) is 0 Å². The third-order valence-corrected chi connectivity index (χ3v) is 4.05. The van der Waals surface area contributed by atoms with Crippen molar-refractivity contribution in [1.29, 1.82) is 0 Å². The molecule has 0 aromatic rings. The molecule has 1 aliphatic carbocycles. The van der Waals surface area contributed by atoms with Gasteiger partial charge in [-0.05, 0) is 31.1 Å². The molecule has 0 bridgehead atoms. The van der Waals surface area contributed by atoms with E-state index in [1.807, 2.05) is 4.90 Å². The molecule has 3 atom stereocenters. The van der Waals surface area contributed by atoms with Gasteiger partial charge in [0.05, 0.1) is 4.83 Å². The van der Waals surface area contributed by atoms with Crippen molar-refractivity contribution < 1.29 is 4.79 Å². The fourth-order valence-electron chi connectivity index (χ4n) is 2.01. The zero-order valence-electron chi connectivity index (χ0n) is 8.00. The largest absolute Gasteiger partial charge is 0.341 e. The molecule has 1 saturated carbocycles. The first-order chi connectivity index (χ1) is 6.18. The van der Waals surface area contributed by atoms with Crippen LogP contribution in [-0.2, 0) is 4.79 Å². The Balaban J connectivity index is 1.86. The lowest BCUT2D eigenvalue weighted by atomic mass is 10.1. The van der Waals surface area contributed by atoms with Crippen LogP contribution in [0, 0.1) is 11.8 Å². The van der Waals surface area contributed by atoms with Crippen LogP contribution in [0.15, 0.2) is 0 Å². The summed E-state index contributed by atoms with van der Waals surface area (Å²) in [5.41, 5.74) is 0. The predicted octanol–water partition coefficient (Wildman–Crippen LogP) is 2.03. The third-order valence-electron chi connectivity index (χ3n) is 3.20. The molecule has 2 aliphatic rings. The molecule has 2 fully saturated rings. The molecule has 0 spiro atoms. The van der Waals surface area contributed by atoms with Crippen LogP contribution >= 0.6 is 15.9 Å². The van der Waals surface area contributed by atoms with Crippen LogP contribution in [0.4, 0.5) is 0 Å². The minimum atomic E-state index is 0.0929. The van der Waals surface area contributed by atoms with Crippen molar-refractivity contribution in [2.24, 2.45) is 11.8 Å². The van der Waals surface area contributed by atoms with E-state index in [1.165, 1.54) is 6.42 Å². The highest BCUT2D eigenvalue weighted by Crippen LogP contribution is 2.38. The summed E-state index contributed by atoms with van der Waals surface area (Å²) < 4.78 is 0. The van der Waals surface area contributed by atoms with Gasteiger partial charge in [0.25, 0.3) is 0 Å². The van der Waals surface area contributed by atoms with Gasteiger partial charge < -0.3 is 4.90 Å². The standard InChI is InChI=1S/C10H16BrNO/c1-7-5-8(7)6-12-4-2-3-9(11)10(12)13/h7-9H,2-6H2,1H3. The fourth-order valence-corrected chi connectivity index (χ4v) is 2.62. The minimum absolute atomic E-state index is 0.0929. The first kappa shape index (κ1) is 9.50. The highest BCUT2D eigenvalue weighted by Gasteiger charge is 2.37. The summed E-state index contributed by atoms with van der Waals surface area (Å²) in [7, 11) is 0. The lowest BCUT2D eigenvalue weighted by Gasteiger charge is -2.29. The van der Waals surface area contributed by atoms with E-state index in [1.54, 1.807) is 0 Å². The van der Waals surface area contributed by atoms with Crippen LogP contribution in [0.25, 0.3) is 0 Å². The van der Waals surface area contributed by atoms with E-state index in [-0.39, 0.29) is 4.83 Å². The Morgan fingerprint density at radius 1 is 1.62 bits per heavy atom. The lowest BCUT2D eigenvalue weighted by molar-refractivity contribution is -0.132. The molecule has 0 aromatic heterocycles. The Morgan fingerprint density at radius 3 is 2.92 bits per heavy atom. The Morgan fingerprint density at radius 2 is 2.31 bits per heavy atom. The first-order valence-electron chi connectivity index (χ1n) is 5.11. The van der Waals surface area contributed by atoms with Crippen LogP contribution in [0.2, 0.25) is 0 Å². The number of halogens is 1. The number of alkyl halides is 1. The van der Waals surface area contributed by atoms with Gasteiger partial charge in [0.1, 0.15) is 0 Å².